The maximum Gasteiger partial charge on any atom is 0.239 e. The zero-order valence-corrected chi connectivity index (χ0v) is 15.8. The molecule has 2 N–H and O–H groups in total. The highest BCUT2D eigenvalue weighted by Gasteiger charge is 2.08. The minimum Gasteiger partial charge on any atom is -0.492 e. The Kier molecular flexibility index (Phi) is 6.07. The van der Waals surface area contributed by atoms with E-state index in [0.29, 0.717) is 19.1 Å². The van der Waals surface area contributed by atoms with E-state index in [1.165, 1.54) is 0 Å². The van der Waals surface area contributed by atoms with Gasteiger partial charge in [0.2, 0.25) is 5.91 Å². The van der Waals surface area contributed by atoms with Gasteiger partial charge < -0.3 is 15.4 Å². The minimum atomic E-state index is -0.0612. The van der Waals surface area contributed by atoms with Gasteiger partial charge in [0.05, 0.1) is 28.3 Å². The molecular formula is C20H23N3O2S. The van der Waals surface area contributed by atoms with Crippen LogP contribution < -0.4 is 15.4 Å². The van der Waals surface area contributed by atoms with Gasteiger partial charge in [0, 0.05) is 11.6 Å². The Morgan fingerprint density at radius 3 is 2.77 bits per heavy atom. The van der Waals surface area contributed by atoms with Crippen LogP contribution in [-0.2, 0) is 4.79 Å². The summed E-state index contributed by atoms with van der Waals surface area (Å²) in [7, 11) is 0. The number of nitrogens with one attached hydrogen (secondary N) is 2. The Labute approximate surface area is 157 Å². The number of rotatable bonds is 8. The molecule has 0 aliphatic carbocycles. The largest absolute Gasteiger partial charge is 0.492 e. The maximum atomic E-state index is 11.9. The number of fused-ring (bicyclic) bond motifs is 1. The number of nitrogens with zero attached hydrogens (tertiary/aromatic N) is 1. The second kappa shape index (κ2) is 8.67. The lowest BCUT2D eigenvalue weighted by Gasteiger charge is -2.09. The summed E-state index contributed by atoms with van der Waals surface area (Å²) in [5, 5.41) is 7.14. The molecule has 0 spiro atoms. The van der Waals surface area contributed by atoms with E-state index in [9.17, 15) is 4.79 Å². The lowest BCUT2D eigenvalue weighted by molar-refractivity contribution is -0.119. The number of hydrogen-bond donors (Lipinski definition) is 2. The summed E-state index contributed by atoms with van der Waals surface area (Å²) >= 11 is 1.70. The summed E-state index contributed by atoms with van der Waals surface area (Å²) in [4.78, 5) is 16.6. The molecule has 1 heterocycles. The summed E-state index contributed by atoms with van der Waals surface area (Å²) in [6.45, 7) is 5.43. The number of carbonyl (C=O) groups excluding carboxylic acids is 1. The molecule has 3 aromatic rings. The second-order valence-corrected chi connectivity index (χ2v) is 7.32. The Balaban J connectivity index is 1.43. The molecule has 136 valence electrons. The molecule has 0 aliphatic rings. The standard InChI is InChI=1S/C20H23N3O2S/c1-14(2)20-23-17-9-8-15(12-18(17)26-20)22-13-19(24)21-10-11-25-16-6-4-3-5-7-16/h3-9,12,14,22H,10-11,13H2,1-2H3,(H,21,24). The van der Waals surface area contributed by atoms with Crippen LogP contribution in [0.4, 0.5) is 5.69 Å². The summed E-state index contributed by atoms with van der Waals surface area (Å²) < 4.78 is 6.68. The molecule has 1 aromatic heterocycles. The summed E-state index contributed by atoms with van der Waals surface area (Å²) in [6, 6.07) is 15.6. The van der Waals surface area contributed by atoms with Gasteiger partial charge in [0.15, 0.2) is 0 Å². The van der Waals surface area contributed by atoms with Crippen molar-refractivity contribution in [2.24, 2.45) is 0 Å². The van der Waals surface area contributed by atoms with Gasteiger partial charge in [-0.25, -0.2) is 4.98 Å². The van der Waals surface area contributed by atoms with Crippen LogP contribution in [0.5, 0.6) is 5.75 Å². The third kappa shape index (κ3) is 4.95. The molecule has 0 atom stereocenters. The van der Waals surface area contributed by atoms with Crippen LogP contribution in [0.25, 0.3) is 10.2 Å². The van der Waals surface area contributed by atoms with E-state index >= 15 is 0 Å². The first-order chi connectivity index (χ1) is 12.6. The van der Waals surface area contributed by atoms with E-state index in [-0.39, 0.29) is 12.5 Å². The van der Waals surface area contributed by atoms with Crippen molar-refractivity contribution in [3.05, 3.63) is 53.5 Å². The Hall–Kier alpha value is -2.60. The summed E-state index contributed by atoms with van der Waals surface area (Å²) in [5.41, 5.74) is 1.93. The first-order valence-corrected chi connectivity index (χ1v) is 9.52. The average molecular weight is 369 g/mol. The van der Waals surface area contributed by atoms with Crippen molar-refractivity contribution in [2.45, 2.75) is 19.8 Å². The van der Waals surface area contributed by atoms with E-state index in [4.69, 9.17) is 4.74 Å². The number of hydrogen-bond acceptors (Lipinski definition) is 5. The van der Waals surface area contributed by atoms with Gasteiger partial charge in [-0.1, -0.05) is 32.0 Å². The van der Waals surface area contributed by atoms with Crippen molar-refractivity contribution in [1.29, 1.82) is 0 Å². The van der Waals surface area contributed by atoms with Crippen molar-refractivity contribution in [1.82, 2.24) is 10.3 Å². The molecule has 2 aromatic carbocycles. The number of ether oxygens (including phenoxy) is 1. The second-order valence-electron chi connectivity index (χ2n) is 6.25. The van der Waals surface area contributed by atoms with Crippen LogP contribution >= 0.6 is 11.3 Å². The maximum absolute atomic E-state index is 11.9. The highest BCUT2D eigenvalue weighted by atomic mass is 32.1. The molecular weight excluding hydrogens is 346 g/mol. The van der Waals surface area contributed by atoms with Gasteiger partial charge in [-0.15, -0.1) is 11.3 Å². The smallest absolute Gasteiger partial charge is 0.239 e. The van der Waals surface area contributed by atoms with E-state index in [2.05, 4.69) is 29.5 Å². The minimum absolute atomic E-state index is 0.0612. The molecule has 1 amide bonds. The molecule has 0 unspecified atom stereocenters. The van der Waals surface area contributed by atoms with Gasteiger partial charge >= 0.3 is 0 Å². The van der Waals surface area contributed by atoms with Gasteiger partial charge in [-0.3, -0.25) is 4.79 Å². The zero-order valence-electron chi connectivity index (χ0n) is 15.0. The molecule has 0 aliphatic heterocycles. The fraction of sp³-hybridized carbons (Fsp3) is 0.300. The Bertz CT molecular complexity index is 862. The molecule has 5 nitrogen and oxygen atoms in total. The van der Waals surface area contributed by atoms with E-state index in [0.717, 1.165) is 26.7 Å². The van der Waals surface area contributed by atoms with Crippen LogP contribution in [0, 0.1) is 0 Å². The topological polar surface area (TPSA) is 63.2 Å². The molecule has 0 radical (unpaired) electrons. The number of amides is 1. The van der Waals surface area contributed by atoms with Crippen LogP contribution in [0.1, 0.15) is 24.8 Å². The lowest BCUT2D eigenvalue weighted by Crippen LogP contribution is -2.32. The highest BCUT2D eigenvalue weighted by molar-refractivity contribution is 7.18. The number of thiazole rings is 1. The first kappa shape index (κ1) is 18.2. The van der Waals surface area contributed by atoms with Crippen LogP contribution in [0.2, 0.25) is 0 Å². The van der Waals surface area contributed by atoms with Gasteiger partial charge in [-0.05, 0) is 30.3 Å². The molecule has 26 heavy (non-hydrogen) atoms. The number of carbonyl (C=O) groups is 1. The van der Waals surface area contributed by atoms with Crippen LogP contribution in [0.3, 0.4) is 0 Å². The number of benzene rings is 2. The van der Waals surface area contributed by atoms with Crippen LogP contribution in [0.15, 0.2) is 48.5 Å². The van der Waals surface area contributed by atoms with Crippen molar-refractivity contribution in [2.75, 3.05) is 25.0 Å². The lowest BCUT2D eigenvalue weighted by atomic mass is 10.2. The molecule has 3 rings (SSSR count). The predicted molar refractivity (Wildman–Crippen MR) is 107 cm³/mol. The van der Waals surface area contributed by atoms with E-state index in [1.807, 2.05) is 48.5 Å². The van der Waals surface area contributed by atoms with Crippen LogP contribution in [-0.4, -0.2) is 30.6 Å². The monoisotopic (exact) mass is 369 g/mol. The fourth-order valence-electron chi connectivity index (χ4n) is 2.42. The van der Waals surface area contributed by atoms with Gasteiger partial charge in [0.25, 0.3) is 0 Å². The highest BCUT2D eigenvalue weighted by Crippen LogP contribution is 2.29. The normalized spacial score (nSPS) is 10.9. The quantitative estimate of drug-likeness (QED) is 0.589. The molecule has 0 saturated heterocycles. The van der Waals surface area contributed by atoms with Crippen molar-refractivity contribution < 1.29 is 9.53 Å². The third-order valence-corrected chi connectivity index (χ3v) is 5.11. The van der Waals surface area contributed by atoms with Gasteiger partial charge in [0.1, 0.15) is 12.4 Å². The fourth-order valence-corrected chi connectivity index (χ4v) is 3.43. The van der Waals surface area contributed by atoms with Gasteiger partial charge in [-0.2, -0.15) is 0 Å². The van der Waals surface area contributed by atoms with Crippen molar-refractivity contribution in [3.8, 4) is 5.75 Å². The summed E-state index contributed by atoms with van der Waals surface area (Å²) in [6.07, 6.45) is 0. The predicted octanol–water partition coefficient (Wildman–Crippen LogP) is 4.03. The SMILES string of the molecule is CC(C)c1nc2ccc(NCC(=O)NCCOc3ccccc3)cc2s1. The summed E-state index contributed by atoms with van der Waals surface area (Å²) in [5.74, 6) is 1.17. The molecule has 0 fully saturated rings. The third-order valence-electron chi connectivity index (χ3n) is 3.79. The van der Waals surface area contributed by atoms with Crippen molar-refractivity contribution >= 4 is 33.1 Å². The zero-order chi connectivity index (χ0) is 18.4. The number of aromatic nitrogens is 1. The number of anilines is 1. The molecule has 6 heteroatoms. The van der Waals surface area contributed by atoms with Crippen molar-refractivity contribution in [3.63, 3.8) is 0 Å². The first-order valence-electron chi connectivity index (χ1n) is 8.71. The van der Waals surface area contributed by atoms with E-state index < -0.39 is 0 Å². The van der Waals surface area contributed by atoms with E-state index in [1.54, 1.807) is 11.3 Å². The number of para-hydroxylation sites is 1. The molecule has 0 saturated carbocycles. The molecule has 0 bridgehead atoms. The average Bonchev–Trinajstić information content (AvgIpc) is 3.08. The Morgan fingerprint density at radius 2 is 2.00 bits per heavy atom. The Morgan fingerprint density at radius 1 is 1.19 bits per heavy atom.